The zero-order chi connectivity index (χ0) is 32.7. The van der Waals surface area contributed by atoms with E-state index in [9.17, 15) is 14.4 Å². The van der Waals surface area contributed by atoms with Crippen molar-refractivity contribution in [2.45, 2.75) is 155 Å². The number of hydrogen-bond acceptors (Lipinski definition) is 7. The molecule has 5 N–H and O–H groups in total. The van der Waals surface area contributed by atoms with Crippen LogP contribution in [0.1, 0.15) is 126 Å². The van der Waals surface area contributed by atoms with Crippen LogP contribution in [-0.4, -0.2) is 86.9 Å². The summed E-state index contributed by atoms with van der Waals surface area (Å²) in [6, 6.07) is -1.27. The number of nitrogens with one attached hydrogen (secondary N) is 5. The van der Waals surface area contributed by atoms with Crippen LogP contribution in [0.15, 0.2) is 0 Å². The third-order valence-electron chi connectivity index (χ3n) is 6.87. The average molecular weight is 614 g/mol. The zero-order valence-corrected chi connectivity index (χ0v) is 29.1. The molecule has 10 nitrogen and oxygen atoms in total. The minimum Gasteiger partial charge on any atom is -0.382 e. The first kappa shape index (κ1) is 41.2. The van der Waals surface area contributed by atoms with Gasteiger partial charge in [0.1, 0.15) is 6.04 Å². The third-order valence-corrected chi connectivity index (χ3v) is 6.87. The van der Waals surface area contributed by atoms with E-state index in [2.05, 4.69) is 61.2 Å². The molecule has 43 heavy (non-hydrogen) atoms. The molecule has 0 heterocycles. The first-order valence-corrected chi connectivity index (χ1v) is 16.7. The van der Waals surface area contributed by atoms with E-state index in [-0.39, 0.29) is 40.9 Å². The Kier molecular flexibility index (Phi) is 22.6. The second kappa shape index (κ2) is 23.6. The largest absolute Gasteiger partial charge is 0.382 e. The molecule has 254 valence electrons. The summed E-state index contributed by atoms with van der Waals surface area (Å²) in [7, 11) is 1.61. The number of carbonyl (C=O) groups is 3. The summed E-state index contributed by atoms with van der Waals surface area (Å²) in [6.07, 6.45) is 9.70. The second-order valence-corrected chi connectivity index (χ2v) is 13.6. The average Bonchev–Trinajstić information content (AvgIpc) is 2.91. The van der Waals surface area contributed by atoms with Gasteiger partial charge < -0.3 is 36.1 Å². The molecular weight excluding hydrogens is 546 g/mol. The van der Waals surface area contributed by atoms with Gasteiger partial charge in [-0.15, -0.1) is 0 Å². The van der Waals surface area contributed by atoms with Crippen LogP contribution in [0.25, 0.3) is 0 Å². The summed E-state index contributed by atoms with van der Waals surface area (Å²) in [5.41, 5.74) is -0.391. The Bertz CT molecular complexity index is 751. The van der Waals surface area contributed by atoms with Crippen LogP contribution in [0.2, 0.25) is 0 Å². The molecule has 3 atom stereocenters. The molecule has 0 aliphatic heterocycles. The topological polar surface area (TPSA) is 130 Å². The predicted octanol–water partition coefficient (Wildman–Crippen LogP) is 4.21. The smallest absolute Gasteiger partial charge is 0.242 e. The van der Waals surface area contributed by atoms with Crippen LogP contribution in [0.5, 0.6) is 0 Å². The lowest BCUT2D eigenvalue weighted by molar-refractivity contribution is -0.130. The summed E-state index contributed by atoms with van der Waals surface area (Å²) in [6.45, 7) is 18.8. The molecule has 3 amide bonds. The van der Waals surface area contributed by atoms with Crippen molar-refractivity contribution in [3.63, 3.8) is 0 Å². The van der Waals surface area contributed by atoms with Crippen molar-refractivity contribution in [2.24, 2.45) is 0 Å². The van der Waals surface area contributed by atoms with Crippen molar-refractivity contribution in [1.82, 2.24) is 26.6 Å². The fraction of sp³-hybridized carbons (Fsp3) is 0.909. The van der Waals surface area contributed by atoms with Gasteiger partial charge in [-0.1, -0.05) is 52.4 Å². The summed E-state index contributed by atoms with van der Waals surface area (Å²) in [5, 5.41) is 15.9. The molecule has 10 heteroatoms. The molecule has 0 aliphatic rings. The third kappa shape index (κ3) is 23.3. The van der Waals surface area contributed by atoms with E-state index in [1.807, 2.05) is 20.8 Å². The highest BCUT2D eigenvalue weighted by Crippen LogP contribution is 2.12. The first-order valence-electron chi connectivity index (χ1n) is 16.7. The first-order chi connectivity index (χ1) is 20.2. The van der Waals surface area contributed by atoms with Crippen molar-refractivity contribution in [3.8, 4) is 0 Å². The number of carbonyl (C=O) groups excluding carboxylic acids is 3. The molecule has 0 fully saturated rings. The van der Waals surface area contributed by atoms with Gasteiger partial charge in [0, 0.05) is 31.3 Å². The van der Waals surface area contributed by atoms with Crippen molar-refractivity contribution in [1.29, 1.82) is 0 Å². The maximum Gasteiger partial charge on any atom is 0.242 e. The SMILES string of the molecule is CCCCCC(NC(C)(C)C)C(=O)NCCCCC(NC(=O)C(CCCCC)NC(C)(C)C)C(=O)NCCOCCOC. The fourth-order valence-electron chi connectivity index (χ4n) is 4.74. The minimum absolute atomic E-state index is 0.0188. The van der Waals surface area contributed by atoms with E-state index in [0.29, 0.717) is 58.6 Å². The molecule has 0 bridgehead atoms. The van der Waals surface area contributed by atoms with E-state index < -0.39 is 6.04 Å². The van der Waals surface area contributed by atoms with Gasteiger partial charge >= 0.3 is 0 Å². The Labute approximate surface area is 263 Å². The van der Waals surface area contributed by atoms with Crippen molar-refractivity contribution < 1.29 is 23.9 Å². The van der Waals surface area contributed by atoms with Crippen LogP contribution in [-0.2, 0) is 23.9 Å². The fourth-order valence-corrected chi connectivity index (χ4v) is 4.74. The lowest BCUT2D eigenvalue weighted by Gasteiger charge is -2.29. The van der Waals surface area contributed by atoms with Crippen molar-refractivity contribution in [3.05, 3.63) is 0 Å². The van der Waals surface area contributed by atoms with Gasteiger partial charge in [-0.2, -0.15) is 0 Å². The quantitative estimate of drug-likeness (QED) is 0.0976. The van der Waals surface area contributed by atoms with Crippen LogP contribution < -0.4 is 26.6 Å². The number of methoxy groups -OCH3 is 1. The molecule has 0 radical (unpaired) electrons. The highest BCUT2D eigenvalue weighted by Gasteiger charge is 2.28. The Balaban J connectivity index is 5.18. The molecule has 0 saturated carbocycles. The van der Waals surface area contributed by atoms with E-state index in [1.165, 1.54) is 0 Å². The molecule has 0 aliphatic carbocycles. The summed E-state index contributed by atoms with van der Waals surface area (Å²) >= 11 is 0. The van der Waals surface area contributed by atoms with Gasteiger partial charge in [-0.3, -0.25) is 14.4 Å². The standard InChI is InChI=1S/C33H67N5O5/c1-10-12-14-19-27(37-32(3,4)5)30(40)34-21-17-16-18-26(29(39)35-22-23-43-25-24-42-9)36-31(41)28(20-15-13-11-2)38-33(6,7)8/h26-28,37-38H,10-25H2,1-9H3,(H,34,40)(H,35,39)(H,36,41). The number of rotatable bonds is 25. The molecule has 0 rings (SSSR count). The number of ether oxygens (including phenoxy) is 2. The van der Waals surface area contributed by atoms with Gasteiger partial charge in [-0.05, 0) is 73.6 Å². The van der Waals surface area contributed by atoms with E-state index >= 15 is 0 Å². The minimum atomic E-state index is -0.665. The molecule has 3 unspecified atom stereocenters. The summed E-state index contributed by atoms with van der Waals surface area (Å²) in [5.74, 6) is -0.356. The highest BCUT2D eigenvalue weighted by molar-refractivity contribution is 5.89. The van der Waals surface area contributed by atoms with Crippen LogP contribution in [0, 0.1) is 0 Å². The van der Waals surface area contributed by atoms with Gasteiger partial charge in [-0.25, -0.2) is 0 Å². The molecule has 0 saturated heterocycles. The van der Waals surface area contributed by atoms with Gasteiger partial charge in [0.25, 0.3) is 0 Å². The van der Waals surface area contributed by atoms with E-state index in [4.69, 9.17) is 9.47 Å². The monoisotopic (exact) mass is 614 g/mol. The Hall–Kier alpha value is -1.75. The lowest BCUT2D eigenvalue weighted by Crippen LogP contribution is -2.56. The number of hydrogen-bond donors (Lipinski definition) is 5. The number of unbranched alkanes of at least 4 members (excludes halogenated alkanes) is 5. The van der Waals surface area contributed by atoms with Crippen molar-refractivity contribution >= 4 is 17.7 Å². The van der Waals surface area contributed by atoms with Crippen LogP contribution in [0.4, 0.5) is 0 Å². The molecule has 0 aromatic carbocycles. The number of amides is 3. The zero-order valence-electron chi connectivity index (χ0n) is 29.1. The predicted molar refractivity (Wildman–Crippen MR) is 176 cm³/mol. The van der Waals surface area contributed by atoms with E-state index in [1.54, 1.807) is 7.11 Å². The normalized spacial score (nSPS) is 14.2. The summed E-state index contributed by atoms with van der Waals surface area (Å²) in [4.78, 5) is 39.5. The Morgan fingerprint density at radius 3 is 1.56 bits per heavy atom. The molecule has 0 aromatic heterocycles. The van der Waals surface area contributed by atoms with Crippen LogP contribution in [0.3, 0.4) is 0 Å². The lowest BCUT2D eigenvalue weighted by atomic mass is 10.0. The Morgan fingerprint density at radius 2 is 1.05 bits per heavy atom. The molecule has 0 spiro atoms. The molecule has 0 aromatic rings. The maximum atomic E-state index is 13.4. The van der Waals surface area contributed by atoms with Crippen molar-refractivity contribution in [2.75, 3.05) is 40.0 Å². The maximum absolute atomic E-state index is 13.4. The van der Waals surface area contributed by atoms with Crippen LogP contribution >= 0.6 is 0 Å². The van der Waals surface area contributed by atoms with E-state index in [0.717, 1.165) is 44.9 Å². The van der Waals surface area contributed by atoms with Gasteiger partial charge in [0.2, 0.25) is 17.7 Å². The Morgan fingerprint density at radius 1 is 0.581 bits per heavy atom. The second-order valence-electron chi connectivity index (χ2n) is 13.6. The highest BCUT2D eigenvalue weighted by atomic mass is 16.5. The molecular formula is C33H67N5O5. The summed E-state index contributed by atoms with van der Waals surface area (Å²) < 4.78 is 10.4. The van der Waals surface area contributed by atoms with Gasteiger partial charge in [0.05, 0.1) is 31.9 Å². The van der Waals surface area contributed by atoms with Gasteiger partial charge in [0.15, 0.2) is 0 Å².